The van der Waals surface area contributed by atoms with Gasteiger partial charge in [0.05, 0.1) is 18.7 Å². The molecule has 1 aliphatic heterocycles. The van der Waals surface area contributed by atoms with E-state index in [1.165, 1.54) is 0 Å². The van der Waals surface area contributed by atoms with Crippen LogP contribution in [0.1, 0.15) is 60.1 Å². The topological polar surface area (TPSA) is 65.6 Å². The van der Waals surface area contributed by atoms with Crippen molar-refractivity contribution >= 4 is 5.91 Å². The summed E-state index contributed by atoms with van der Waals surface area (Å²) in [5.74, 6) is 1.28. The van der Waals surface area contributed by atoms with Crippen molar-refractivity contribution in [3.05, 3.63) is 53.3 Å². The molecular formula is C21H26N2O3. The molecule has 1 aliphatic carbocycles. The molecule has 2 aromatic rings. The van der Waals surface area contributed by atoms with Gasteiger partial charge in [0.2, 0.25) is 0 Å². The average Bonchev–Trinajstić information content (AvgIpc) is 3.18. The maximum Gasteiger partial charge on any atom is 0.256 e. The van der Waals surface area contributed by atoms with E-state index in [-0.39, 0.29) is 11.9 Å². The molecule has 26 heavy (non-hydrogen) atoms. The van der Waals surface area contributed by atoms with E-state index >= 15 is 0 Å². The number of hydrogen-bond donors (Lipinski definition) is 2. The second-order valence-electron chi connectivity index (χ2n) is 7.61. The van der Waals surface area contributed by atoms with Crippen LogP contribution in [0.15, 0.2) is 36.5 Å². The van der Waals surface area contributed by atoms with E-state index in [0.29, 0.717) is 12.5 Å². The molecule has 5 heteroatoms. The fourth-order valence-corrected chi connectivity index (χ4v) is 4.15. The van der Waals surface area contributed by atoms with Gasteiger partial charge in [-0.15, -0.1) is 0 Å². The van der Waals surface area contributed by atoms with Gasteiger partial charge >= 0.3 is 0 Å². The summed E-state index contributed by atoms with van der Waals surface area (Å²) in [6, 6.07) is 9.11. The lowest BCUT2D eigenvalue weighted by Crippen LogP contribution is -2.48. The molecule has 0 radical (unpaired) electrons. The predicted molar refractivity (Wildman–Crippen MR) is 99.4 cm³/mol. The normalized spacial score (nSPS) is 22.3. The monoisotopic (exact) mass is 354 g/mol. The van der Waals surface area contributed by atoms with Crippen LogP contribution in [-0.4, -0.2) is 40.6 Å². The first kappa shape index (κ1) is 17.2. The molecule has 1 saturated carbocycles. The summed E-state index contributed by atoms with van der Waals surface area (Å²) < 4.78 is 5.21. The Morgan fingerprint density at radius 1 is 1.23 bits per heavy atom. The summed E-state index contributed by atoms with van der Waals surface area (Å²) >= 11 is 0. The van der Waals surface area contributed by atoms with Gasteiger partial charge in [0.25, 0.3) is 5.91 Å². The van der Waals surface area contributed by atoms with Crippen molar-refractivity contribution in [2.24, 2.45) is 0 Å². The highest BCUT2D eigenvalue weighted by Gasteiger charge is 2.43. The fraction of sp³-hybridized carbons (Fsp3) is 0.476. The van der Waals surface area contributed by atoms with Gasteiger partial charge in [-0.3, -0.25) is 4.79 Å². The molecule has 1 aromatic heterocycles. The zero-order chi connectivity index (χ0) is 18.3. The second kappa shape index (κ2) is 6.47. The lowest BCUT2D eigenvalue weighted by Gasteiger charge is -2.37. The highest BCUT2D eigenvalue weighted by molar-refractivity contribution is 5.96. The number of H-pyrrole nitrogens is 1. The maximum atomic E-state index is 13.2. The molecule has 1 saturated heterocycles. The number of aromatic nitrogens is 1. The van der Waals surface area contributed by atoms with Gasteiger partial charge in [-0.25, -0.2) is 0 Å². The Morgan fingerprint density at radius 2 is 1.96 bits per heavy atom. The van der Waals surface area contributed by atoms with E-state index in [4.69, 9.17) is 4.74 Å². The van der Waals surface area contributed by atoms with Crippen molar-refractivity contribution in [2.45, 2.75) is 50.2 Å². The smallest absolute Gasteiger partial charge is 0.256 e. The molecule has 4 rings (SSSR count). The van der Waals surface area contributed by atoms with Crippen LogP contribution in [0, 0.1) is 0 Å². The largest absolute Gasteiger partial charge is 0.497 e. The van der Waals surface area contributed by atoms with Crippen LogP contribution in [0.3, 0.4) is 0 Å². The lowest BCUT2D eigenvalue weighted by atomic mass is 9.86. The Bertz CT molecular complexity index is 790. The van der Waals surface area contributed by atoms with Crippen LogP contribution < -0.4 is 4.74 Å². The molecule has 2 heterocycles. The van der Waals surface area contributed by atoms with E-state index in [0.717, 1.165) is 48.3 Å². The third-order valence-electron chi connectivity index (χ3n) is 5.83. The number of ether oxygens (including phenoxy) is 1. The standard InChI is InChI=1S/C21H26N2O3/c1-21(25,15-7-9-16(26-2)10-8-15)18-4-3-13-23(18)20(24)17-11-12-22-19(17)14-5-6-14/h7-12,14,18,22,25H,3-6,13H2,1-2H3/t18-,21+/m0/s1. The van der Waals surface area contributed by atoms with E-state index in [1.54, 1.807) is 7.11 Å². The first-order chi connectivity index (χ1) is 12.5. The van der Waals surface area contributed by atoms with Gasteiger partial charge in [0.1, 0.15) is 11.4 Å². The van der Waals surface area contributed by atoms with Crippen LogP contribution in [0.25, 0.3) is 0 Å². The first-order valence-corrected chi connectivity index (χ1v) is 9.37. The zero-order valence-corrected chi connectivity index (χ0v) is 15.4. The van der Waals surface area contributed by atoms with Crippen molar-refractivity contribution in [3.63, 3.8) is 0 Å². The van der Waals surface area contributed by atoms with Crippen molar-refractivity contribution < 1.29 is 14.6 Å². The average molecular weight is 354 g/mol. The van der Waals surface area contributed by atoms with Crippen LogP contribution in [0.5, 0.6) is 5.75 Å². The molecule has 138 valence electrons. The number of carbonyl (C=O) groups is 1. The number of carbonyl (C=O) groups excluding carboxylic acids is 1. The van der Waals surface area contributed by atoms with Crippen LogP contribution in [-0.2, 0) is 5.60 Å². The number of nitrogens with zero attached hydrogens (tertiary/aromatic N) is 1. The van der Waals surface area contributed by atoms with Gasteiger partial charge in [-0.05, 0) is 62.3 Å². The molecule has 0 bridgehead atoms. The van der Waals surface area contributed by atoms with E-state index in [2.05, 4.69) is 4.98 Å². The molecular weight excluding hydrogens is 328 g/mol. The Hall–Kier alpha value is -2.27. The Balaban J connectivity index is 1.60. The van der Waals surface area contributed by atoms with Gasteiger partial charge in [0, 0.05) is 18.4 Å². The van der Waals surface area contributed by atoms with E-state index < -0.39 is 5.60 Å². The number of nitrogens with one attached hydrogen (secondary N) is 1. The highest BCUT2D eigenvalue weighted by Crippen LogP contribution is 2.42. The first-order valence-electron chi connectivity index (χ1n) is 9.37. The number of rotatable bonds is 5. The Kier molecular flexibility index (Phi) is 4.27. The minimum atomic E-state index is -1.10. The summed E-state index contributed by atoms with van der Waals surface area (Å²) in [7, 11) is 1.62. The third kappa shape index (κ3) is 2.90. The highest BCUT2D eigenvalue weighted by atomic mass is 16.5. The van der Waals surface area contributed by atoms with Gasteiger partial charge in [-0.1, -0.05) is 12.1 Å². The fourth-order valence-electron chi connectivity index (χ4n) is 4.15. The quantitative estimate of drug-likeness (QED) is 0.865. The van der Waals surface area contributed by atoms with Crippen LogP contribution in [0.2, 0.25) is 0 Å². The van der Waals surface area contributed by atoms with Crippen molar-refractivity contribution in [1.82, 2.24) is 9.88 Å². The van der Waals surface area contributed by atoms with Crippen molar-refractivity contribution in [3.8, 4) is 5.75 Å². The number of likely N-dealkylation sites (tertiary alicyclic amines) is 1. The van der Waals surface area contributed by atoms with E-state index in [1.807, 2.05) is 48.4 Å². The molecule has 0 spiro atoms. The van der Waals surface area contributed by atoms with E-state index in [9.17, 15) is 9.90 Å². The molecule has 0 unspecified atom stereocenters. The van der Waals surface area contributed by atoms with Crippen LogP contribution in [0.4, 0.5) is 0 Å². The van der Waals surface area contributed by atoms with Gasteiger partial charge in [-0.2, -0.15) is 0 Å². The molecule has 2 atom stereocenters. The summed E-state index contributed by atoms with van der Waals surface area (Å²) in [5, 5.41) is 11.3. The molecule has 2 aliphatic rings. The molecule has 1 amide bonds. The van der Waals surface area contributed by atoms with Crippen LogP contribution >= 0.6 is 0 Å². The number of methoxy groups -OCH3 is 1. The third-order valence-corrected chi connectivity index (χ3v) is 5.83. The van der Waals surface area contributed by atoms with Gasteiger partial charge in [0.15, 0.2) is 0 Å². The number of aromatic amines is 1. The summed E-state index contributed by atoms with van der Waals surface area (Å²) in [5.41, 5.74) is 1.53. The van der Waals surface area contributed by atoms with Gasteiger partial charge < -0.3 is 19.7 Å². The summed E-state index contributed by atoms with van der Waals surface area (Å²) in [6.45, 7) is 2.50. The number of amides is 1. The molecule has 2 fully saturated rings. The summed E-state index contributed by atoms with van der Waals surface area (Å²) in [6.07, 6.45) is 5.86. The predicted octanol–water partition coefficient (Wildman–Crippen LogP) is 3.41. The maximum absolute atomic E-state index is 13.2. The van der Waals surface area contributed by atoms with Crippen molar-refractivity contribution in [1.29, 1.82) is 0 Å². The second-order valence-corrected chi connectivity index (χ2v) is 7.61. The minimum Gasteiger partial charge on any atom is -0.497 e. The lowest BCUT2D eigenvalue weighted by molar-refractivity contribution is -0.0177. The number of hydrogen-bond acceptors (Lipinski definition) is 3. The SMILES string of the molecule is COc1ccc([C@@](C)(O)[C@@H]2CCCN2C(=O)c2cc[nH]c2C2CC2)cc1. The molecule has 1 aromatic carbocycles. The minimum absolute atomic E-state index is 0.0319. The Morgan fingerprint density at radius 3 is 2.62 bits per heavy atom. The van der Waals surface area contributed by atoms with Crippen molar-refractivity contribution in [2.75, 3.05) is 13.7 Å². The molecule has 5 nitrogen and oxygen atoms in total. The number of benzene rings is 1. The summed E-state index contributed by atoms with van der Waals surface area (Å²) in [4.78, 5) is 18.3. The number of aliphatic hydroxyl groups is 1. The molecule has 2 N–H and O–H groups in total. The zero-order valence-electron chi connectivity index (χ0n) is 15.4. The Labute approximate surface area is 154 Å².